The van der Waals surface area contributed by atoms with E-state index in [9.17, 15) is 9.59 Å². The predicted octanol–water partition coefficient (Wildman–Crippen LogP) is 1.27. The molecule has 1 aliphatic rings. The fourth-order valence-corrected chi connectivity index (χ4v) is 2.10. The smallest absolute Gasteiger partial charge is 0.326 e. The summed E-state index contributed by atoms with van der Waals surface area (Å²) in [6, 6.07) is -0.355. The Morgan fingerprint density at radius 2 is 1.95 bits per heavy atom. The summed E-state index contributed by atoms with van der Waals surface area (Å²) >= 11 is 0. The van der Waals surface area contributed by atoms with Gasteiger partial charge in [0.05, 0.1) is 0 Å². The highest BCUT2D eigenvalue weighted by Crippen LogP contribution is 2.26. The number of amides is 2. The molecule has 0 aromatic rings. The summed E-state index contributed by atoms with van der Waals surface area (Å²) in [5, 5.41) is 14.4. The zero-order valence-corrected chi connectivity index (χ0v) is 12.8. The van der Waals surface area contributed by atoms with Crippen LogP contribution in [-0.4, -0.2) is 53.7 Å². The third kappa shape index (κ3) is 5.00. The first-order chi connectivity index (χ1) is 9.36. The van der Waals surface area contributed by atoms with Crippen LogP contribution in [0.1, 0.15) is 40.0 Å². The van der Waals surface area contributed by atoms with Crippen molar-refractivity contribution in [2.45, 2.75) is 58.2 Å². The van der Waals surface area contributed by atoms with Crippen LogP contribution < -0.4 is 10.6 Å². The molecular weight excluding hydrogens is 258 g/mol. The number of carboxylic acid groups (broad SMARTS) is 1. The zero-order valence-electron chi connectivity index (χ0n) is 12.8. The molecule has 0 spiro atoms. The van der Waals surface area contributed by atoms with Crippen LogP contribution in [0.15, 0.2) is 0 Å². The number of carbonyl (C=O) groups is 2. The van der Waals surface area contributed by atoms with Crippen LogP contribution in [-0.2, 0) is 4.79 Å². The molecule has 6 heteroatoms. The maximum absolute atomic E-state index is 11.8. The molecule has 3 N–H and O–H groups in total. The molecular formula is C14H27N3O3. The second-order valence-corrected chi connectivity index (χ2v) is 5.80. The van der Waals surface area contributed by atoms with E-state index in [2.05, 4.69) is 29.5 Å². The fourth-order valence-electron chi connectivity index (χ4n) is 2.10. The monoisotopic (exact) mass is 285 g/mol. The van der Waals surface area contributed by atoms with Crippen molar-refractivity contribution in [3.63, 3.8) is 0 Å². The maximum atomic E-state index is 11.8. The minimum atomic E-state index is -0.988. The minimum Gasteiger partial charge on any atom is -0.480 e. The molecule has 0 radical (unpaired) electrons. The third-order valence-corrected chi connectivity index (χ3v) is 4.14. The Bertz CT molecular complexity index is 345. The first kappa shape index (κ1) is 16.8. The van der Waals surface area contributed by atoms with Gasteiger partial charge in [0.2, 0.25) is 0 Å². The van der Waals surface area contributed by atoms with Gasteiger partial charge in [0, 0.05) is 18.6 Å². The van der Waals surface area contributed by atoms with E-state index < -0.39 is 18.0 Å². The summed E-state index contributed by atoms with van der Waals surface area (Å²) in [7, 11) is 2.06. The Kier molecular flexibility index (Phi) is 6.26. The number of carbonyl (C=O) groups excluding carboxylic acids is 1. The molecule has 1 fully saturated rings. The number of nitrogens with zero attached hydrogens (tertiary/aromatic N) is 1. The van der Waals surface area contributed by atoms with Crippen LogP contribution in [0.4, 0.5) is 4.79 Å². The Morgan fingerprint density at radius 1 is 1.35 bits per heavy atom. The van der Waals surface area contributed by atoms with Gasteiger partial charge in [-0.25, -0.2) is 9.59 Å². The van der Waals surface area contributed by atoms with E-state index in [1.54, 1.807) is 0 Å². The molecule has 0 heterocycles. The number of urea groups is 1. The lowest BCUT2D eigenvalue weighted by molar-refractivity contribution is -0.140. The summed E-state index contributed by atoms with van der Waals surface area (Å²) in [6.45, 7) is 6.31. The maximum Gasteiger partial charge on any atom is 0.326 e. The van der Waals surface area contributed by atoms with Gasteiger partial charge in [0.25, 0.3) is 0 Å². The molecule has 0 aliphatic heterocycles. The van der Waals surface area contributed by atoms with Crippen molar-refractivity contribution in [2.24, 2.45) is 5.92 Å². The van der Waals surface area contributed by atoms with E-state index in [-0.39, 0.29) is 12.0 Å². The van der Waals surface area contributed by atoms with Gasteiger partial charge in [-0.3, -0.25) is 4.90 Å². The highest BCUT2D eigenvalue weighted by Gasteiger charge is 2.29. The van der Waals surface area contributed by atoms with Gasteiger partial charge >= 0.3 is 12.0 Å². The summed E-state index contributed by atoms with van der Waals surface area (Å²) in [4.78, 5) is 25.2. The number of carboxylic acids is 1. The number of hydrogen-bond donors (Lipinski definition) is 3. The van der Waals surface area contributed by atoms with Crippen LogP contribution >= 0.6 is 0 Å². The van der Waals surface area contributed by atoms with E-state index in [0.717, 1.165) is 0 Å². The summed E-state index contributed by atoms with van der Waals surface area (Å²) in [6.07, 6.45) is 3.16. The molecule has 116 valence electrons. The second kappa shape index (κ2) is 7.47. The van der Waals surface area contributed by atoms with Crippen molar-refractivity contribution in [1.29, 1.82) is 0 Å². The normalized spacial score (nSPS) is 19.2. The Hall–Kier alpha value is -1.30. The van der Waals surface area contributed by atoms with Gasteiger partial charge < -0.3 is 15.7 Å². The van der Waals surface area contributed by atoms with Gasteiger partial charge in [-0.05, 0) is 32.7 Å². The molecule has 20 heavy (non-hydrogen) atoms. The van der Waals surface area contributed by atoms with Gasteiger partial charge in [0.1, 0.15) is 6.04 Å². The minimum absolute atomic E-state index is 0.0928. The quantitative estimate of drug-likeness (QED) is 0.627. The van der Waals surface area contributed by atoms with Crippen LogP contribution in [0.3, 0.4) is 0 Å². The topological polar surface area (TPSA) is 81.7 Å². The zero-order chi connectivity index (χ0) is 15.3. The van der Waals surface area contributed by atoms with E-state index >= 15 is 0 Å². The Morgan fingerprint density at radius 3 is 2.40 bits per heavy atom. The lowest BCUT2D eigenvalue weighted by Gasteiger charge is -2.25. The lowest BCUT2D eigenvalue weighted by atomic mass is 9.99. The summed E-state index contributed by atoms with van der Waals surface area (Å²) in [5.74, 6) is -1.08. The molecule has 2 amide bonds. The van der Waals surface area contributed by atoms with Crippen molar-refractivity contribution < 1.29 is 14.7 Å². The van der Waals surface area contributed by atoms with Gasteiger partial charge in [-0.15, -0.1) is 0 Å². The standard InChI is InChI=1S/C14H27N3O3/c1-5-9(2)12(13(18)19)16-14(20)15-8-10(3)17(4)11-6-7-11/h9-12H,5-8H2,1-4H3,(H,18,19)(H2,15,16,20)/t9-,10?,12-/m0/s1. The predicted molar refractivity (Wildman–Crippen MR) is 77.7 cm³/mol. The van der Waals surface area contributed by atoms with E-state index in [0.29, 0.717) is 19.0 Å². The molecule has 6 nitrogen and oxygen atoms in total. The highest BCUT2D eigenvalue weighted by molar-refractivity contribution is 5.82. The lowest BCUT2D eigenvalue weighted by Crippen LogP contribution is -2.51. The molecule has 0 saturated heterocycles. The third-order valence-electron chi connectivity index (χ3n) is 4.14. The number of hydrogen-bond acceptors (Lipinski definition) is 3. The number of rotatable bonds is 8. The first-order valence-corrected chi connectivity index (χ1v) is 7.35. The van der Waals surface area contributed by atoms with Crippen LogP contribution in [0.25, 0.3) is 0 Å². The number of aliphatic carboxylic acids is 1. The van der Waals surface area contributed by atoms with Crippen LogP contribution in [0, 0.1) is 5.92 Å². The molecule has 0 bridgehead atoms. The van der Waals surface area contributed by atoms with Crippen molar-refractivity contribution in [3.8, 4) is 0 Å². The molecule has 3 atom stereocenters. The molecule has 0 aromatic carbocycles. The van der Waals surface area contributed by atoms with Crippen molar-refractivity contribution >= 4 is 12.0 Å². The Balaban J connectivity index is 2.35. The van der Waals surface area contributed by atoms with Crippen molar-refractivity contribution in [2.75, 3.05) is 13.6 Å². The average Bonchev–Trinajstić information content (AvgIpc) is 3.24. The van der Waals surface area contributed by atoms with Crippen LogP contribution in [0.2, 0.25) is 0 Å². The van der Waals surface area contributed by atoms with Gasteiger partial charge in [-0.1, -0.05) is 20.3 Å². The number of nitrogens with one attached hydrogen (secondary N) is 2. The largest absolute Gasteiger partial charge is 0.480 e. The SMILES string of the molecule is CC[C@H](C)[C@H](NC(=O)NCC(C)N(C)C1CC1)C(=O)O. The van der Waals surface area contributed by atoms with Crippen LogP contribution in [0.5, 0.6) is 0 Å². The van der Waals surface area contributed by atoms with E-state index in [1.807, 2.05) is 13.8 Å². The summed E-state index contributed by atoms with van der Waals surface area (Å²) in [5.41, 5.74) is 0. The van der Waals surface area contributed by atoms with Gasteiger partial charge in [-0.2, -0.15) is 0 Å². The molecule has 1 unspecified atom stereocenters. The number of likely N-dealkylation sites (N-methyl/N-ethyl adjacent to an activating group) is 1. The van der Waals surface area contributed by atoms with E-state index in [4.69, 9.17) is 5.11 Å². The highest BCUT2D eigenvalue weighted by atomic mass is 16.4. The van der Waals surface area contributed by atoms with Crippen molar-refractivity contribution in [1.82, 2.24) is 15.5 Å². The molecule has 1 rings (SSSR count). The fraction of sp³-hybridized carbons (Fsp3) is 0.857. The average molecular weight is 285 g/mol. The molecule has 1 saturated carbocycles. The van der Waals surface area contributed by atoms with E-state index in [1.165, 1.54) is 12.8 Å². The summed E-state index contributed by atoms with van der Waals surface area (Å²) < 4.78 is 0. The van der Waals surface area contributed by atoms with Gasteiger partial charge in [0.15, 0.2) is 0 Å². The molecule has 1 aliphatic carbocycles. The molecule has 0 aromatic heterocycles. The van der Waals surface area contributed by atoms with Crippen molar-refractivity contribution in [3.05, 3.63) is 0 Å². The first-order valence-electron chi connectivity index (χ1n) is 7.35. The Labute approximate surface area is 120 Å². The second-order valence-electron chi connectivity index (χ2n) is 5.80.